The molecule has 0 spiro atoms. The number of likely N-dealkylation sites (tertiary alicyclic amines) is 1. The quantitative estimate of drug-likeness (QED) is 0.936. The number of rotatable bonds is 4. The first-order valence-corrected chi connectivity index (χ1v) is 8.35. The second kappa shape index (κ2) is 6.50. The van der Waals surface area contributed by atoms with Crippen LogP contribution in [0.3, 0.4) is 0 Å². The molecule has 1 saturated heterocycles. The lowest BCUT2D eigenvalue weighted by molar-refractivity contribution is -0.132. The molecule has 0 saturated carbocycles. The molecule has 4 nitrogen and oxygen atoms in total. The minimum atomic E-state index is -2.01. The summed E-state index contributed by atoms with van der Waals surface area (Å²) in [6.45, 7) is 0.343. The van der Waals surface area contributed by atoms with Crippen molar-refractivity contribution in [3.05, 3.63) is 58.3 Å². The summed E-state index contributed by atoms with van der Waals surface area (Å²) in [6, 6.07) is 11.1. The number of hydrogen-bond acceptors (Lipinski definition) is 3. The first-order chi connectivity index (χ1) is 11.1. The summed E-state index contributed by atoms with van der Waals surface area (Å²) in [5.74, 6) is -0.872. The summed E-state index contributed by atoms with van der Waals surface area (Å²) in [5, 5.41) is 6.16. The van der Waals surface area contributed by atoms with E-state index in [9.17, 15) is 14.0 Å². The summed E-state index contributed by atoms with van der Waals surface area (Å²) < 4.78 is 14.9. The zero-order chi connectivity index (χ0) is 16.3. The topological polar surface area (TPSA) is 49.4 Å². The molecule has 23 heavy (non-hydrogen) atoms. The SMILES string of the molecule is O=C(c1ccsc1)N1CCC(F)(C(=O)NCc2ccccc2)C1. The van der Waals surface area contributed by atoms with E-state index in [4.69, 9.17) is 0 Å². The van der Waals surface area contributed by atoms with E-state index in [-0.39, 0.29) is 32.0 Å². The number of thiophene rings is 1. The van der Waals surface area contributed by atoms with Gasteiger partial charge in [-0.3, -0.25) is 9.59 Å². The van der Waals surface area contributed by atoms with Crippen molar-refractivity contribution in [3.63, 3.8) is 0 Å². The Morgan fingerprint density at radius 2 is 2.04 bits per heavy atom. The molecule has 120 valence electrons. The highest BCUT2D eigenvalue weighted by molar-refractivity contribution is 7.08. The minimum absolute atomic E-state index is 0.0313. The molecule has 0 aliphatic carbocycles. The molecule has 6 heteroatoms. The van der Waals surface area contributed by atoms with Crippen molar-refractivity contribution in [2.45, 2.75) is 18.6 Å². The van der Waals surface area contributed by atoms with Crippen LogP contribution in [0, 0.1) is 0 Å². The molecule has 1 aromatic heterocycles. The molecule has 1 aliphatic rings. The van der Waals surface area contributed by atoms with E-state index < -0.39 is 11.6 Å². The predicted octanol–water partition coefficient (Wildman–Crippen LogP) is 2.62. The highest BCUT2D eigenvalue weighted by atomic mass is 32.1. The third-order valence-corrected chi connectivity index (χ3v) is 4.66. The van der Waals surface area contributed by atoms with Crippen LogP contribution in [0.5, 0.6) is 0 Å². The maximum Gasteiger partial charge on any atom is 0.259 e. The van der Waals surface area contributed by atoms with Gasteiger partial charge in [0.05, 0.1) is 12.1 Å². The Bertz CT molecular complexity index is 690. The Labute approximate surface area is 137 Å². The largest absolute Gasteiger partial charge is 0.349 e. The zero-order valence-electron chi connectivity index (χ0n) is 12.5. The fraction of sp³-hybridized carbons (Fsp3) is 0.294. The summed E-state index contributed by atoms with van der Waals surface area (Å²) in [4.78, 5) is 25.8. The molecule has 2 aromatic rings. The van der Waals surface area contributed by atoms with Gasteiger partial charge < -0.3 is 10.2 Å². The van der Waals surface area contributed by atoms with Crippen molar-refractivity contribution >= 4 is 23.2 Å². The maximum atomic E-state index is 14.9. The van der Waals surface area contributed by atoms with Gasteiger partial charge in [0, 0.05) is 24.9 Å². The fourth-order valence-electron chi connectivity index (χ4n) is 2.64. The van der Waals surface area contributed by atoms with Crippen LogP contribution in [0.2, 0.25) is 0 Å². The van der Waals surface area contributed by atoms with Crippen LogP contribution in [0.1, 0.15) is 22.3 Å². The van der Waals surface area contributed by atoms with E-state index in [2.05, 4.69) is 5.32 Å². The van der Waals surface area contributed by atoms with E-state index in [0.717, 1.165) is 5.56 Å². The van der Waals surface area contributed by atoms with Crippen molar-refractivity contribution < 1.29 is 14.0 Å². The predicted molar refractivity (Wildman–Crippen MR) is 87.0 cm³/mol. The molecule has 1 fully saturated rings. The van der Waals surface area contributed by atoms with Gasteiger partial charge in [-0.1, -0.05) is 30.3 Å². The van der Waals surface area contributed by atoms with Gasteiger partial charge in [-0.2, -0.15) is 11.3 Å². The van der Waals surface area contributed by atoms with Gasteiger partial charge in [0.15, 0.2) is 0 Å². The molecule has 2 heterocycles. The average molecular weight is 332 g/mol. The number of carbonyl (C=O) groups is 2. The van der Waals surface area contributed by atoms with E-state index >= 15 is 0 Å². The lowest BCUT2D eigenvalue weighted by Crippen LogP contribution is -2.45. The van der Waals surface area contributed by atoms with Crippen LogP contribution in [0.4, 0.5) is 4.39 Å². The fourth-order valence-corrected chi connectivity index (χ4v) is 3.27. The number of nitrogens with zero attached hydrogens (tertiary/aromatic N) is 1. The van der Waals surface area contributed by atoms with Crippen molar-refractivity contribution in [2.75, 3.05) is 13.1 Å². The van der Waals surface area contributed by atoms with Crippen LogP contribution >= 0.6 is 11.3 Å². The van der Waals surface area contributed by atoms with Gasteiger partial charge in [0.1, 0.15) is 0 Å². The number of carbonyl (C=O) groups excluding carboxylic acids is 2. The Hall–Kier alpha value is -2.21. The second-order valence-electron chi connectivity index (χ2n) is 5.62. The molecule has 1 atom stereocenters. The van der Waals surface area contributed by atoms with Crippen LogP contribution in [-0.4, -0.2) is 35.5 Å². The van der Waals surface area contributed by atoms with E-state index in [0.29, 0.717) is 5.56 Å². The summed E-state index contributed by atoms with van der Waals surface area (Å²) in [6.07, 6.45) is 0.0313. The number of amides is 2. The number of nitrogens with one attached hydrogen (secondary N) is 1. The molecule has 0 radical (unpaired) electrons. The third kappa shape index (κ3) is 3.42. The lowest BCUT2D eigenvalue weighted by Gasteiger charge is -2.20. The van der Waals surface area contributed by atoms with E-state index in [1.807, 2.05) is 30.3 Å². The van der Waals surface area contributed by atoms with Gasteiger partial charge in [-0.15, -0.1) is 0 Å². The number of hydrogen-bond donors (Lipinski definition) is 1. The maximum absolute atomic E-state index is 14.9. The van der Waals surface area contributed by atoms with Gasteiger partial charge in [-0.25, -0.2) is 4.39 Å². The van der Waals surface area contributed by atoms with Crippen LogP contribution < -0.4 is 5.32 Å². The average Bonchev–Trinajstić information content (AvgIpc) is 3.23. The molecular weight excluding hydrogens is 315 g/mol. The second-order valence-corrected chi connectivity index (χ2v) is 6.40. The first-order valence-electron chi connectivity index (χ1n) is 7.41. The van der Waals surface area contributed by atoms with Crippen molar-refractivity contribution in [1.29, 1.82) is 0 Å². The first kappa shape index (κ1) is 15.7. The Balaban J connectivity index is 1.59. The molecule has 2 amide bonds. The summed E-state index contributed by atoms with van der Waals surface area (Å²) in [5.41, 5.74) is -0.557. The third-order valence-electron chi connectivity index (χ3n) is 3.98. The standard InChI is InChI=1S/C17H17FN2O2S/c18-17(16(22)19-10-13-4-2-1-3-5-13)7-8-20(12-17)15(21)14-6-9-23-11-14/h1-6,9,11H,7-8,10,12H2,(H,19,22). The summed E-state index contributed by atoms with van der Waals surface area (Å²) in [7, 11) is 0. The highest BCUT2D eigenvalue weighted by Crippen LogP contribution is 2.27. The Morgan fingerprint density at radius 3 is 2.74 bits per heavy atom. The molecule has 1 N–H and O–H groups in total. The highest BCUT2D eigenvalue weighted by Gasteiger charge is 2.46. The molecule has 1 aliphatic heterocycles. The van der Waals surface area contributed by atoms with Crippen LogP contribution in [0.15, 0.2) is 47.2 Å². The lowest BCUT2D eigenvalue weighted by atomic mass is 10.0. The molecule has 0 bridgehead atoms. The van der Waals surface area contributed by atoms with Gasteiger partial charge in [0.2, 0.25) is 5.67 Å². The van der Waals surface area contributed by atoms with E-state index in [1.165, 1.54) is 16.2 Å². The Kier molecular flexibility index (Phi) is 4.43. The molecule has 3 rings (SSSR count). The molecular formula is C17H17FN2O2S. The zero-order valence-corrected chi connectivity index (χ0v) is 13.3. The van der Waals surface area contributed by atoms with Crippen LogP contribution in [0.25, 0.3) is 0 Å². The van der Waals surface area contributed by atoms with Gasteiger partial charge >= 0.3 is 0 Å². The minimum Gasteiger partial charge on any atom is -0.349 e. The molecule has 1 aromatic carbocycles. The van der Waals surface area contributed by atoms with Gasteiger partial charge in [0.25, 0.3) is 11.8 Å². The monoisotopic (exact) mass is 332 g/mol. The van der Waals surface area contributed by atoms with Crippen molar-refractivity contribution in [3.8, 4) is 0 Å². The van der Waals surface area contributed by atoms with Gasteiger partial charge in [-0.05, 0) is 17.0 Å². The Morgan fingerprint density at radius 1 is 1.26 bits per heavy atom. The number of alkyl halides is 1. The normalized spacial score (nSPS) is 20.5. The smallest absolute Gasteiger partial charge is 0.259 e. The van der Waals surface area contributed by atoms with Crippen molar-refractivity contribution in [1.82, 2.24) is 10.2 Å². The van der Waals surface area contributed by atoms with Crippen LogP contribution in [-0.2, 0) is 11.3 Å². The molecule has 1 unspecified atom stereocenters. The van der Waals surface area contributed by atoms with Crippen molar-refractivity contribution in [2.24, 2.45) is 0 Å². The van der Waals surface area contributed by atoms with E-state index in [1.54, 1.807) is 16.8 Å². The summed E-state index contributed by atoms with van der Waals surface area (Å²) >= 11 is 1.42. The number of halogens is 1. The number of benzene rings is 1.